The monoisotopic (exact) mass is 383 g/mol. The molecule has 0 unspecified atom stereocenters. The van der Waals surface area contributed by atoms with Crippen LogP contribution < -0.4 is 10.4 Å². The quantitative estimate of drug-likeness (QED) is 0.750. The first-order valence-electron chi connectivity index (χ1n) is 8.79. The van der Waals surface area contributed by atoms with Crippen molar-refractivity contribution in [2.45, 2.75) is 44.3 Å². The molecule has 1 saturated carbocycles. The molecule has 1 heterocycles. The second-order valence-corrected chi connectivity index (χ2v) is 6.72. The molecule has 8 heteroatoms. The molecular formula is C19H20F3NO4. The first-order chi connectivity index (χ1) is 12.8. The van der Waals surface area contributed by atoms with Crippen LogP contribution in [-0.2, 0) is 11.0 Å². The van der Waals surface area contributed by atoms with Gasteiger partial charge in [-0.1, -0.05) is 19.3 Å². The maximum atomic E-state index is 13.1. The number of fused-ring (bicyclic) bond motifs is 1. The molecule has 0 atom stereocenters. The molecule has 0 radical (unpaired) electrons. The summed E-state index contributed by atoms with van der Waals surface area (Å²) >= 11 is 0. The number of rotatable bonds is 4. The van der Waals surface area contributed by atoms with Crippen molar-refractivity contribution in [3.8, 4) is 5.75 Å². The molecule has 0 saturated heterocycles. The molecule has 1 fully saturated rings. The average Bonchev–Trinajstić information content (AvgIpc) is 2.64. The molecule has 1 aliphatic rings. The lowest BCUT2D eigenvalue weighted by Gasteiger charge is -2.31. The van der Waals surface area contributed by atoms with Crippen molar-refractivity contribution in [3.05, 3.63) is 40.2 Å². The first-order valence-corrected chi connectivity index (χ1v) is 8.79. The Morgan fingerprint density at radius 2 is 1.93 bits per heavy atom. The normalized spacial score (nSPS) is 15.7. The van der Waals surface area contributed by atoms with Crippen molar-refractivity contribution in [2.75, 3.05) is 13.7 Å². The molecular weight excluding hydrogens is 363 g/mol. The standard InChI is InChI=1S/C19H20F3NO4/c1-23(12-5-3-2-4-6-12)17(24)11-26-13-7-8-14-15(19(20,21)22)10-18(25)27-16(14)9-13/h7-10,12H,2-6,11H2,1H3. The second kappa shape index (κ2) is 7.62. The SMILES string of the molecule is CN(C(=O)COc1ccc2c(C(F)(F)F)cc(=O)oc2c1)C1CCCCC1. The topological polar surface area (TPSA) is 59.8 Å². The molecule has 1 aromatic carbocycles. The number of nitrogens with zero attached hydrogens (tertiary/aromatic N) is 1. The van der Waals surface area contributed by atoms with Crippen molar-refractivity contribution in [2.24, 2.45) is 0 Å². The van der Waals surface area contributed by atoms with E-state index in [1.165, 1.54) is 24.6 Å². The Balaban J connectivity index is 1.74. The Labute approximate surface area is 153 Å². The van der Waals surface area contributed by atoms with Crippen LogP contribution in [0.3, 0.4) is 0 Å². The molecule has 0 bridgehead atoms. The molecule has 0 aliphatic heterocycles. The Morgan fingerprint density at radius 1 is 1.22 bits per heavy atom. The van der Waals surface area contributed by atoms with E-state index in [2.05, 4.69) is 0 Å². The highest BCUT2D eigenvalue weighted by Gasteiger charge is 2.34. The van der Waals surface area contributed by atoms with Crippen molar-refractivity contribution < 1.29 is 27.1 Å². The van der Waals surface area contributed by atoms with Crippen LogP contribution in [0.5, 0.6) is 5.75 Å². The van der Waals surface area contributed by atoms with Gasteiger partial charge in [0.25, 0.3) is 5.91 Å². The Morgan fingerprint density at radius 3 is 2.59 bits per heavy atom. The van der Waals surface area contributed by atoms with E-state index < -0.39 is 17.4 Å². The molecule has 0 N–H and O–H groups in total. The lowest BCUT2D eigenvalue weighted by atomic mass is 9.94. The van der Waals surface area contributed by atoms with Crippen LogP contribution >= 0.6 is 0 Å². The van der Waals surface area contributed by atoms with E-state index in [9.17, 15) is 22.8 Å². The lowest BCUT2D eigenvalue weighted by Crippen LogP contribution is -2.40. The number of hydrogen-bond donors (Lipinski definition) is 0. The summed E-state index contributed by atoms with van der Waals surface area (Å²) in [4.78, 5) is 25.4. The number of halogens is 3. The molecule has 1 amide bonds. The number of alkyl halides is 3. The van der Waals surface area contributed by atoms with Gasteiger partial charge in [0.15, 0.2) is 6.61 Å². The zero-order valence-corrected chi connectivity index (χ0v) is 14.8. The predicted molar refractivity (Wildman–Crippen MR) is 92.6 cm³/mol. The molecule has 1 aliphatic carbocycles. The second-order valence-electron chi connectivity index (χ2n) is 6.72. The van der Waals surface area contributed by atoms with Gasteiger partial charge >= 0.3 is 11.8 Å². The first kappa shape index (κ1) is 19.3. The van der Waals surface area contributed by atoms with Gasteiger partial charge in [0.05, 0.1) is 5.56 Å². The number of ether oxygens (including phenoxy) is 1. The average molecular weight is 383 g/mol. The zero-order valence-electron chi connectivity index (χ0n) is 14.8. The fraction of sp³-hybridized carbons (Fsp3) is 0.474. The fourth-order valence-corrected chi connectivity index (χ4v) is 3.39. The highest BCUT2D eigenvalue weighted by molar-refractivity contribution is 5.82. The van der Waals surface area contributed by atoms with Gasteiger partial charge < -0.3 is 14.1 Å². The Hall–Kier alpha value is -2.51. The van der Waals surface area contributed by atoms with Gasteiger partial charge in [0, 0.05) is 30.6 Å². The van der Waals surface area contributed by atoms with E-state index in [-0.39, 0.29) is 35.3 Å². The summed E-state index contributed by atoms with van der Waals surface area (Å²) in [5.74, 6) is -0.0390. The summed E-state index contributed by atoms with van der Waals surface area (Å²) in [7, 11) is 1.73. The van der Waals surface area contributed by atoms with Crippen LogP contribution in [0.4, 0.5) is 13.2 Å². The van der Waals surface area contributed by atoms with Crippen molar-refractivity contribution in [1.82, 2.24) is 4.90 Å². The third kappa shape index (κ3) is 4.43. The lowest BCUT2D eigenvalue weighted by molar-refractivity contribution is -0.136. The van der Waals surface area contributed by atoms with Crippen molar-refractivity contribution in [1.29, 1.82) is 0 Å². The minimum Gasteiger partial charge on any atom is -0.484 e. The molecule has 0 spiro atoms. The van der Waals surface area contributed by atoms with Crippen LogP contribution in [0.25, 0.3) is 11.0 Å². The summed E-state index contributed by atoms with van der Waals surface area (Å²) in [6.07, 6.45) is 0.614. The summed E-state index contributed by atoms with van der Waals surface area (Å²) in [6, 6.07) is 4.31. The minimum absolute atomic E-state index is 0.162. The molecule has 3 rings (SSSR count). The number of likely N-dealkylation sites (N-methyl/N-ethyl adjacent to an activating group) is 1. The molecule has 5 nitrogen and oxygen atoms in total. The van der Waals surface area contributed by atoms with Crippen LogP contribution in [0, 0.1) is 0 Å². The maximum Gasteiger partial charge on any atom is 0.417 e. The summed E-state index contributed by atoms with van der Waals surface area (Å²) < 4.78 is 49.4. The third-order valence-corrected chi connectivity index (χ3v) is 4.90. The van der Waals surface area contributed by atoms with Gasteiger partial charge in [-0.05, 0) is 25.0 Å². The Bertz CT molecular complexity index is 885. The smallest absolute Gasteiger partial charge is 0.417 e. The predicted octanol–water partition coefficient (Wildman–Crippen LogP) is 3.98. The van der Waals surface area contributed by atoms with E-state index in [1.54, 1.807) is 11.9 Å². The van der Waals surface area contributed by atoms with E-state index in [0.29, 0.717) is 6.07 Å². The van der Waals surface area contributed by atoms with Crippen LogP contribution in [0.2, 0.25) is 0 Å². The van der Waals surface area contributed by atoms with Crippen LogP contribution in [0.15, 0.2) is 33.5 Å². The number of benzene rings is 1. The number of amides is 1. The van der Waals surface area contributed by atoms with Gasteiger partial charge in [0.1, 0.15) is 11.3 Å². The number of carbonyl (C=O) groups excluding carboxylic acids is 1. The maximum absolute atomic E-state index is 13.1. The van der Waals surface area contributed by atoms with Gasteiger partial charge in [-0.2, -0.15) is 13.2 Å². The van der Waals surface area contributed by atoms with Crippen molar-refractivity contribution in [3.63, 3.8) is 0 Å². The van der Waals surface area contributed by atoms with Crippen molar-refractivity contribution >= 4 is 16.9 Å². The minimum atomic E-state index is -4.67. The molecule has 146 valence electrons. The summed E-state index contributed by atoms with van der Waals surface area (Å²) in [6.45, 7) is -0.234. The van der Waals surface area contributed by atoms with E-state index in [1.807, 2.05) is 0 Å². The van der Waals surface area contributed by atoms with E-state index >= 15 is 0 Å². The van der Waals surface area contributed by atoms with E-state index in [0.717, 1.165) is 25.7 Å². The summed E-state index contributed by atoms with van der Waals surface area (Å²) in [5, 5.41) is -0.236. The molecule has 2 aromatic rings. The highest BCUT2D eigenvalue weighted by atomic mass is 19.4. The van der Waals surface area contributed by atoms with Crippen LogP contribution in [0.1, 0.15) is 37.7 Å². The summed E-state index contributed by atoms with van der Waals surface area (Å²) in [5.41, 5.74) is -2.39. The largest absolute Gasteiger partial charge is 0.484 e. The zero-order chi connectivity index (χ0) is 19.6. The van der Waals surface area contributed by atoms with Gasteiger partial charge in [-0.15, -0.1) is 0 Å². The van der Waals surface area contributed by atoms with Crippen LogP contribution in [-0.4, -0.2) is 30.5 Å². The fourth-order valence-electron chi connectivity index (χ4n) is 3.39. The van der Waals surface area contributed by atoms with Gasteiger partial charge in [0.2, 0.25) is 0 Å². The Kier molecular flexibility index (Phi) is 5.43. The molecule has 27 heavy (non-hydrogen) atoms. The van der Waals surface area contributed by atoms with Gasteiger partial charge in [-0.25, -0.2) is 4.79 Å². The molecule has 1 aromatic heterocycles. The highest BCUT2D eigenvalue weighted by Crippen LogP contribution is 2.34. The third-order valence-electron chi connectivity index (χ3n) is 4.90. The number of carbonyl (C=O) groups is 1. The van der Waals surface area contributed by atoms with Gasteiger partial charge in [-0.3, -0.25) is 4.79 Å². The number of hydrogen-bond acceptors (Lipinski definition) is 4. The van der Waals surface area contributed by atoms with E-state index in [4.69, 9.17) is 9.15 Å².